The van der Waals surface area contributed by atoms with Crippen LogP contribution in [0.2, 0.25) is 5.15 Å². The molecule has 2 unspecified atom stereocenters. The molecule has 1 fully saturated rings. The van der Waals surface area contributed by atoms with Crippen molar-refractivity contribution in [3.8, 4) is 0 Å². The minimum absolute atomic E-state index is 0.214. The summed E-state index contributed by atoms with van der Waals surface area (Å²) in [6.45, 7) is 0.700. The number of aliphatic hydroxyl groups is 1. The Morgan fingerprint density at radius 2 is 2.12 bits per heavy atom. The zero-order chi connectivity index (χ0) is 12.3. The van der Waals surface area contributed by atoms with Gasteiger partial charge in [-0.25, -0.2) is 4.98 Å². The van der Waals surface area contributed by atoms with Gasteiger partial charge in [-0.15, -0.1) is 0 Å². The number of likely N-dealkylation sites (N-methyl/N-ethyl adjacent to an activating group) is 1. The highest BCUT2D eigenvalue weighted by molar-refractivity contribution is 6.29. The monoisotopic (exact) mass is 255 g/mol. The third-order valence-corrected chi connectivity index (χ3v) is 3.54. The van der Waals surface area contributed by atoms with Gasteiger partial charge in [-0.05, 0) is 19.9 Å². The van der Waals surface area contributed by atoms with Gasteiger partial charge in [0.15, 0.2) is 0 Å². The number of aliphatic hydroxyl groups excluding tert-OH is 1. The first kappa shape index (κ1) is 12.7. The highest BCUT2D eigenvalue weighted by Crippen LogP contribution is 2.23. The fraction of sp³-hybridized carbons (Fsp3) is 0.667. The van der Waals surface area contributed by atoms with Crippen molar-refractivity contribution in [2.45, 2.75) is 44.4 Å². The fourth-order valence-electron chi connectivity index (χ4n) is 2.40. The topological polar surface area (TPSA) is 49.2 Å². The Kier molecular flexibility index (Phi) is 4.31. The third-order valence-electron chi connectivity index (χ3n) is 3.35. The Bertz CT molecular complexity index is 357. The number of hydrogen-bond donors (Lipinski definition) is 1. The van der Waals surface area contributed by atoms with Crippen molar-refractivity contribution in [3.05, 3.63) is 23.2 Å². The largest absolute Gasteiger partial charge is 0.391 e. The average molecular weight is 256 g/mol. The minimum atomic E-state index is -0.214. The Hall–Kier alpha value is -0.710. The second-order valence-corrected chi connectivity index (χ2v) is 5.05. The SMILES string of the molecule is CN(Cc1cnc(Cl)cn1)C1CCCCC1O. The van der Waals surface area contributed by atoms with Crippen molar-refractivity contribution in [3.63, 3.8) is 0 Å². The van der Waals surface area contributed by atoms with Gasteiger partial charge >= 0.3 is 0 Å². The van der Waals surface area contributed by atoms with E-state index in [4.69, 9.17) is 11.6 Å². The lowest BCUT2D eigenvalue weighted by Gasteiger charge is -2.34. The van der Waals surface area contributed by atoms with E-state index in [1.54, 1.807) is 12.4 Å². The van der Waals surface area contributed by atoms with Crippen LogP contribution in [-0.4, -0.2) is 39.2 Å². The molecule has 0 spiro atoms. The van der Waals surface area contributed by atoms with Gasteiger partial charge < -0.3 is 5.11 Å². The van der Waals surface area contributed by atoms with Crippen LogP contribution in [-0.2, 0) is 6.54 Å². The van der Waals surface area contributed by atoms with E-state index in [9.17, 15) is 5.11 Å². The number of hydrogen-bond acceptors (Lipinski definition) is 4. The van der Waals surface area contributed by atoms with Crippen molar-refractivity contribution in [2.24, 2.45) is 0 Å². The van der Waals surface area contributed by atoms with Crippen LogP contribution in [0.5, 0.6) is 0 Å². The summed E-state index contributed by atoms with van der Waals surface area (Å²) < 4.78 is 0. The molecule has 0 saturated heterocycles. The molecule has 1 aliphatic carbocycles. The van der Waals surface area contributed by atoms with Crippen molar-refractivity contribution in [1.29, 1.82) is 0 Å². The van der Waals surface area contributed by atoms with Gasteiger partial charge in [0.05, 0.1) is 24.2 Å². The van der Waals surface area contributed by atoms with E-state index >= 15 is 0 Å². The molecule has 0 bridgehead atoms. The summed E-state index contributed by atoms with van der Waals surface area (Å²) in [7, 11) is 2.02. The van der Waals surface area contributed by atoms with E-state index in [0.717, 1.165) is 25.0 Å². The van der Waals surface area contributed by atoms with Crippen molar-refractivity contribution in [2.75, 3.05) is 7.05 Å². The van der Waals surface area contributed by atoms with Gasteiger partial charge in [0, 0.05) is 12.6 Å². The molecule has 94 valence electrons. The highest BCUT2D eigenvalue weighted by atomic mass is 35.5. The van der Waals surface area contributed by atoms with E-state index in [1.165, 1.54) is 6.42 Å². The van der Waals surface area contributed by atoms with Crippen molar-refractivity contribution >= 4 is 11.6 Å². The molecule has 1 aromatic rings. The van der Waals surface area contributed by atoms with E-state index in [1.807, 2.05) is 7.05 Å². The normalized spacial score (nSPS) is 25.2. The lowest BCUT2D eigenvalue weighted by Crippen LogP contribution is -2.43. The molecule has 1 saturated carbocycles. The summed E-state index contributed by atoms with van der Waals surface area (Å²) >= 11 is 5.69. The summed E-state index contributed by atoms with van der Waals surface area (Å²) in [5.41, 5.74) is 0.884. The van der Waals surface area contributed by atoms with Crippen molar-refractivity contribution < 1.29 is 5.11 Å². The van der Waals surface area contributed by atoms with E-state index in [-0.39, 0.29) is 12.1 Å². The van der Waals surface area contributed by atoms with Crippen LogP contribution in [0, 0.1) is 0 Å². The summed E-state index contributed by atoms with van der Waals surface area (Å²) in [6, 6.07) is 0.237. The first-order valence-corrected chi connectivity index (χ1v) is 6.39. The zero-order valence-corrected chi connectivity index (χ0v) is 10.8. The fourth-order valence-corrected chi connectivity index (χ4v) is 2.50. The molecular weight excluding hydrogens is 238 g/mol. The first-order chi connectivity index (χ1) is 8.16. The lowest BCUT2D eigenvalue weighted by molar-refractivity contribution is 0.0283. The average Bonchev–Trinajstić information content (AvgIpc) is 2.32. The van der Waals surface area contributed by atoms with Crippen LogP contribution in [0.15, 0.2) is 12.4 Å². The number of rotatable bonds is 3. The standard InChI is InChI=1S/C12H18ClN3O/c1-16(10-4-2-3-5-11(10)17)8-9-6-15-12(13)7-14-9/h6-7,10-11,17H,2-5,8H2,1H3. The zero-order valence-electron chi connectivity index (χ0n) is 10.0. The molecule has 2 atom stereocenters. The van der Waals surface area contributed by atoms with Gasteiger partial charge in [-0.1, -0.05) is 24.4 Å². The summed E-state index contributed by atoms with van der Waals surface area (Å²) in [5, 5.41) is 10.4. The number of aromatic nitrogens is 2. The van der Waals surface area contributed by atoms with Gasteiger partial charge in [0.25, 0.3) is 0 Å². The maximum Gasteiger partial charge on any atom is 0.147 e. The van der Waals surface area contributed by atoms with E-state index in [0.29, 0.717) is 11.7 Å². The van der Waals surface area contributed by atoms with Crippen LogP contribution >= 0.6 is 11.6 Å². The smallest absolute Gasteiger partial charge is 0.147 e. The Morgan fingerprint density at radius 3 is 2.76 bits per heavy atom. The van der Waals surface area contributed by atoms with Gasteiger partial charge in [0.1, 0.15) is 5.15 Å². The number of nitrogens with zero attached hydrogens (tertiary/aromatic N) is 3. The van der Waals surface area contributed by atoms with E-state index < -0.39 is 0 Å². The molecule has 0 amide bonds. The third kappa shape index (κ3) is 3.37. The molecular formula is C12H18ClN3O. The predicted octanol–water partition coefficient (Wildman–Crippen LogP) is 1.87. The molecule has 1 aromatic heterocycles. The van der Waals surface area contributed by atoms with Crippen LogP contribution < -0.4 is 0 Å². The molecule has 0 radical (unpaired) electrons. The maximum atomic E-state index is 9.96. The quantitative estimate of drug-likeness (QED) is 0.896. The Morgan fingerprint density at radius 1 is 1.35 bits per heavy atom. The molecule has 17 heavy (non-hydrogen) atoms. The highest BCUT2D eigenvalue weighted by Gasteiger charge is 2.26. The Labute approximate surface area is 107 Å². The van der Waals surface area contributed by atoms with Gasteiger partial charge in [-0.3, -0.25) is 9.88 Å². The maximum absolute atomic E-state index is 9.96. The van der Waals surface area contributed by atoms with Crippen molar-refractivity contribution in [1.82, 2.24) is 14.9 Å². The van der Waals surface area contributed by atoms with Crippen LogP contribution in [0.4, 0.5) is 0 Å². The molecule has 1 aliphatic rings. The van der Waals surface area contributed by atoms with Crippen LogP contribution in [0.25, 0.3) is 0 Å². The van der Waals surface area contributed by atoms with Crippen LogP contribution in [0.3, 0.4) is 0 Å². The second-order valence-electron chi connectivity index (χ2n) is 4.66. The molecule has 0 aromatic carbocycles. The molecule has 4 nitrogen and oxygen atoms in total. The first-order valence-electron chi connectivity index (χ1n) is 6.01. The van der Waals surface area contributed by atoms with Gasteiger partial charge in [-0.2, -0.15) is 0 Å². The molecule has 1 N–H and O–H groups in total. The summed E-state index contributed by atoms with van der Waals surface area (Å²) in [5.74, 6) is 0. The summed E-state index contributed by atoms with van der Waals surface area (Å²) in [4.78, 5) is 10.4. The molecule has 1 heterocycles. The molecule has 2 rings (SSSR count). The predicted molar refractivity (Wildman–Crippen MR) is 66.8 cm³/mol. The molecule has 0 aliphatic heterocycles. The summed E-state index contributed by atoms with van der Waals surface area (Å²) in [6.07, 6.45) is 7.31. The molecule has 5 heteroatoms. The minimum Gasteiger partial charge on any atom is -0.391 e. The second kappa shape index (κ2) is 5.76. The van der Waals surface area contributed by atoms with Crippen LogP contribution in [0.1, 0.15) is 31.4 Å². The van der Waals surface area contributed by atoms with E-state index in [2.05, 4.69) is 14.9 Å². The van der Waals surface area contributed by atoms with Gasteiger partial charge in [0.2, 0.25) is 0 Å². The lowest BCUT2D eigenvalue weighted by atomic mass is 9.91. The Balaban J connectivity index is 1.95. The number of halogens is 1.